The van der Waals surface area contributed by atoms with E-state index in [2.05, 4.69) is 29.2 Å². The maximum Gasteiger partial charge on any atom is 0.257 e. The second kappa shape index (κ2) is 8.50. The Bertz CT molecular complexity index is 818. The first-order valence-corrected chi connectivity index (χ1v) is 11.1. The van der Waals surface area contributed by atoms with Crippen LogP contribution in [0.15, 0.2) is 12.4 Å². The Labute approximate surface area is 167 Å². The summed E-state index contributed by atoms with van der Waals surface area (Å²) in [6.07, 6.45) is 13.6. The van der Waals surface area contributed by atoms with Crippen LogP contribution in [0.2, 0.25) is 0 Å². The van der Waals surface area contributed by atoms with E-state index in [9.17, 15) is 4.79 Å². The fourth-order valence-electron chi connectivity index (χ4n) is 4.82. The van der Waals surface area contributed by atoms with Crippen LogP contribution >= 0.6 is 0 Å². The number of pyridine rings is 1. The molecule has 0 unspecified atom stereocenters. The number of nitrogens with one attached hydrogen (secondary N) is 1. The number of hydrogen-bond acceptors (Lipinski definition) is 4. The molecule has 0 bridgehead atoms. The third kappa shape index (κ3) is 3.74. The molecule has 1 amide bonds. The smallest absolute Gasteiger partial charge is 0.257 e. The van der Waals surface area contributed by atoms with E-state index >= 15 is 0 Å². The lowest BCUT2D eigenvalue weighted by Crippen LogP contribution is -2.36. The first-order chi connectivity index (χ1) is 13.7. The molecule has 1 saturated carbocycles. The summed E-state index contributed by atoms with van der Waals surface area (Å²) in [6, 6.07) is 0.337. The number of piperidine rings is 1. The molecule has 1 saturated heterocycles. The van der Waals surface area contributed by atoms with Gasteiger partial charge in [0.25, 0.3) is 5.91 Å². The summed E-state index contributed by atoms with van der Waals surface area (Å²) in [5.41, 5.74) is 2.49. The molecule has 0 radical (unpaired) electrons. The fourth-order valence-corrected chi connectivity index (χ4v) is 4.82. The predicted molar refractivity (Wildman–Crippen MR) is 113 cm³/mol. The number of aromatic nitrogens is 3. The van der Waals surface area contributed by atoms with Gasteiger partial charge in [-0.05, 0) is 51.9 Å². The van der Waals surface area contributed by atoms with E-state index in [1.807, 2.05) is 15.8 Å². The van der Waals surface area contributed by atoms with Crippen LogP contribution in [0.4, 0.5) is 5.69 Å². The molecule has 2 fully saturated rings. The number of nitrogens with zero attached hydrogens (tertiary/aromatic N) is 4. The zero-order valence-electron chi connectivity index (χ0n) is 17.3. The van der Waals surface area contributed by atoms with Gasteiger partial charge in [-0.3, -0.25) is 4.79 Å². The Morgan fingerprint density at radius 1 is 1.14 bits per heavy atom. The summed E-state index contributed by atoms with van der Waals surface area (Å²) in [4.78, 5) is 19.9. The molecule has 152 valence electrons. The van der Waals surface area contributed by atoms with Crippen molar-refractivity contribution in [3.8, 4) is 0 Å². The van der Waals surface area contributed by atoms with Gasteiger partial charge in [0.1, 0.15) is 0 Å². The van der Waals surface area contributed by atoms with Crippen molar-refractivity contribution in [3.05, 3.63) is 18.0 Å². The molecule has 6 heteroatoms. The van der Waals surface area contributed by atoms with Crippen molar-refractivity contribution < 1.29 is 4.79 Å². The molecule has 1 aliphatic heterocycles. The Morgan fingerprint density at radius 3 is 2.57 bits per heavy atom. The largest absolute Gasteiger partial charge is 0.381 e. The van der Waals surface area contributed by atoms with E-state index < -0.39 is 0 Å². The second-order valence-electron chi connectivity index (χ2n) is 8.43. The Hall–Kier alpha value is -2.11. The van der Waals surface area contributed by atoms with Gasteiger partial charge in [-0.15, -0.1) is 0 Å². The lowest BCUT2D eigenvalue weighted by molar-refractivity contribution is 0.0725. The number of likely N-dealkylation sites (tertiary alicyclic amines) is 1. The zero-order chi connectivity index (χ0) is 19.5. The van der Waals surface area contributed by atoms with Crippen molar-refractivity contribution in [2.45, 2.75) is 77.8 Å². The van der Waals surface area contributed by atoms with Gasteiger partial charge in [0.2, 0.25) is 0 Å². The second-order valence-corrected chi connectivity index (χ2v) is 8.43. The highest BCUT2D eigenvalue weighted by Crippen LogP contribution is 2.32. The number of fused-ring (bicyclic) bond motifs is 1. The van der Waals surface area contributed by atoms with Crippen LogP contribution < -0.4 is 5.32 Å². The van der Waals surface area contributed by atoms with Crippen LogP contribution in [0.1, 0.15) is 75.6 Å². The summed E-state index contributed by atoms with van der Waals surface area (Å²) < 4.78 is 1.90. The van der Waals surface area contributed by atoms with E-state index in [4.69, 9.17) is 0 Å². The predicted octanol–water partition coefficient (Wildman–Crippen LogP) is 4.46. The van der Waals surface area contributed by atoms with Gasteiger partial charge < -0.3 is 10.2 Å². The average Bonchev–Trinajstić information content (AvgIpc) is 3.18. The SMILES string of the molecule is CCn1ncc2c(N[C@H](C)C3CCCCC3)c(C(=O)N3CCCCC3)cnc21. The normalized spacial score (nSPS) is 19.7. The molecule has 1 aliphatic carbocycles. The third-order valence-corrected chi connectivity index (χ3v) is 6.57. The van der Waals surface area contributed by atoms with Gasteiger partial charge >= 0.3 is 0 Å². The molecule has 1 N–H and O–H groups in total. The summed E-state index contributed by atoms with van der Waals surface area (Å²) in [6.45, 7) is 6.80. The van der Waals surface area contributed by atoms with Crippen molar-refractivity contribution in [1.82, 2.24) is 19.7 Å². The Balaban J connectivity index is 1.69. The lowest BCUT2D eigenvalue weighted by Gasteiger charge is -2.31. The van der Waals surface area contributed by atoms with Crippen molar-refractivity contribution >= 4 is 22.6 Å². The molecule has 2 aromatic rings. The van der Waals surface area contributed by atoms with Crippen molar-refractivity contribution in [2.75, 3.05) is 18.4 Å². The monoisotopic (exact) mass is 383 g/mol. The van der Waals surface area contributed by atoms with E-state index in [0.717, 1.165) is 49.2 Å². The lowest BCUT2D eigenvalue weighted by atomic mass is 9.84. The first-order valence-electron chi connectivity index (χ1n) is 11.1. The minimum Gasteiger partial charge on any atom is -0.381 e. The van der Waals surface area contributed by atoms with E-state index in [1.165, 1.54) is 38.5 Å². The summed E-state index contributed by atoms with van der Waals surface area (Å²) >= 11 is 0. The molecular weight excluding hydrogens is 350 g/mol. The van der Waals surface area contributed by atoms with Crippen LogP contribution in [0.25, 0.3) is 11.0 Å². The highest BCUT2D eigenvalue weighted by atomic mass is 16.2. The van der Waals surface area contributed by atoms with E-state index in [-0.39, 0.29) is 5.91 Å². The average molecular weight is 384 g/mol. The third-order valence-electron chi connectivity index (χ3n) is 6.57. The number of anilines is 1. The summed E-state index contributed by atoms with van der Waals surface area (Å²) in [5, 5.41) is 9.20. The fraction of sp³-hybridized carbons (Fsp3) is 0.682. The van der Waals surface area contributed by atoms with E-state index in [0.29, 0.717) is 17.5 Å². The molecule has 28 heavy (non-hydrogen) atoms. The van der Waals surface area contributed by atoms with Crippen LogP contribution in [0, 0.1) is 5.92 Å². The molecule has 2 aromatic heterocycles. The molecule has 0 aromatic carbocycles. The minimum atomic E-state index is 0.108. The number of carbonyl (C=O) groups is 1. The number of rotatable bonds is 5. The number of aryl methyl sites for hydroxylation is 1. The van der Waals surface area contributed by atoms with Gasteiger partial charge in [0.15, 0.2) is 5.65 Å². The van der Waals surface area contributed by atoms with Gasteiger partial charge in [0, 0.05) is 31.9 Å². The van der Waals surface area contributed by atoms with Crippen LogP contribution in [-0.2, 0) is 6.54 Å². The number of carbonyl (C=O) groups excluding carboxylic acids is 1. The molecule has 4 rings (SSSR count). The first kappa shape index (κ1) is 19.2. The maximum absolute atomic E-state index is 13.3. The molecule has 1 atom stereocenters. The maximum atomic E-state index is 13.3. The van der Waals surface area contributed by atoms with E-state index in [1.54, 1.807) is 6.20 Å². The Kier molecular flexibility index (Phi) is 5.83. The molecule has 6 nitrogen and oxygen atoms in total. The number of hydrogen-bond donors (Lipinski definition) is 1. The van der Waals surface area contributed by atoms with Gasteiger partial charge in [0.05, 0.1) is 22.8 Å². The van der Waals surface area contributed by atoms with Crippen molar-refractivity contribution in [3.63, 3.8) is 0 Å². The molecule has 2 aliphatic rings. The standard InChI is InChI=1S/C22H33N5O/c1-3-27-21-18(15-24-27)20(25-16(2)17-10-6-4-7-11-17)19(14-23-21)22(28)26-12-8-5-9-13-26/h14-17H,3-13H2,1-2H3,(H,23,25)/t16-/m1/s1. The van der Waals surface area contributed by atoms with Crippen molar-refractivity contribution in [1.29, 1.82) is 0 Å². The minimum absolute atomic E-state index is 0.108. The molecule has 0 spiro atoms. The molecular formula is C22H33N5O. The molecule has 3 heterocycles. The highest BCUT2D eigenvalue weighted by Gasteiger charge is 2.26. The summed E-state index contributed by atoms with van der Waals surface area (Å²) in [5.74, 6) is 0.771. The van der Waals surface area contributed by atoms with Gasteiger partial charge in [-0.1, -0.05) is 19.3 Å². The highest BCUT2D eigenvalue weighted by molar-refractivity contribution is 6.06. The quantitative estimate of drug-likeness (QED) is 0.828. The van der Waals surface area contributed by atoms with Crippen LogP contribution in [-0.4, -0.2) is 44.7 Å². The zero-order valence-corrected chi connectivity index (χ0v) is 17.3. The topological polar surface area (TPSA) is 63.1 Å². The van der Waals surface area contributed by atoms with Crippen LogP contribution in [0.5, 0.6) is 0 Å². The Morgan fingerprint density at radius 2 is 1.86 bits per heavy atom. The van der Waals surface area contributed by atoms with Gasteiger partial charge in [-0.25, -0.2) is 9.67 Å². The van der Waals surface area contributed by atoms with Gasteiger partial charge in [-0.2, -0.15) is 5.10 Å². The van der Waals surface area contributed by atoms with Crippen LogP contribution in [0.3, 0.4) is 0 Å². The number of amides is 1. The summed E-state index contributed by atoms with van der Waals surface area (Å²) in [7, 11) is 0. The van der Waals surface area contributed by atoms with Crippen molar-refractivity contribution in [2.24, 2.45) is 5.92 Å².